The summed E-state index contributed by atoms with van der Waals surface area (Å²) in [4.78, 5) is 0. The Morgan fingerprint density at radius 1 is 0.929 bits per heavy atom. The van der Waals surface area contributed by atoms with Crippen molar-refractivity contribution in [1.82, 2.24) is 0 Å². The minimum atomic E-state index is -0.855. The molecule has 4 rings (SSSR count). The predicted molar refractivity (Wildman–Crippen MR) is 41.2 cm³/mol. The Morgan fingerprint density at radius 2 is 1.43 bits per heavy atom. The van der Waals surface area contributed by atoms with E-state index in [0.717, 1.165) is 0 Å². The zero-order valence-corrected chi connectivity index (χ0v) is 7.57. The van der Waals surface area contributed by atoms with Gasteiger partial charge in [0.25, 0.3) is 6.48 Å². The Kier molecular flexibility index (Phi) is 1.85. The molecule has 4 aliphatic rings. The summed E-state index contributed by atoms with van der Waals surface area (Å²) in [5, 5.41) is 19.5. The minimum Gasteiger partial charge on any atom is -0.387 e. The topological polar surface area (TPSA) is 77.4 Å². The molecule has 4 fully saturated rings. The molecule has 3 saturated heterocycles. The van der Waals surface area contributed by atoms with E-state index in [-0.39, 0.29) is 0 Å². The number of hydrogen-bond donors (Lipinski definition) is 2. The van der Waals surface area contributed by atoms with Gasteiger partial charge in [0.2, 0.25) is 0 Å². The molecule has 1 saturated carbocycles. The van der Waals surface area contributed by atoms with Gasteiger partial charge in [0.05, 0.1) is 0 Å². The summed E-state index contributed by atoms with van der Waals surface area (Å²) in [5.41, 5.74) is 0. The van der Waals surface area contributed by atoms with Gasteiger partial charge >= 0.3 is 0 Å². The first-order valence-electron chi connectivity index (χ1n) is 4.57. The maximum absolute atomic E-state index is 9.75. The summed E-state index contributed by atoms with van der Waals surface area (Å²) in [6.45, 7) is -0.770. The van der Waals surface area contributed by atoms with E-state index in [1.165, 1.54) is 7.11 Å². The molecular weight excluding hydrogens is 192 g/mol. The van der Waals surface area contributed by atoms with Gasteiger partial charge in [0.1, 0.15) is 36.6 Å². The van der Waals surface area contributed by atoms with Crippen molar-refractivity contribution < 1.29 is 29.2 Å². The minimum absolute atomic E-state index is 0.434. The normalized spacial score (nSPS) is 60.6. The third kappa shape index (κ3) is 0.955. The zero-order chi connectivity index (χ0) is 9.87. The number of rotatable bonds is 1. The highest BCUT2D eigenvalue weighted by molar-refractivity contribution is 5.05. The molecule has 6 heteroatoms. The fourth-order valence-electron chi connectivity index (χ4n) is 2.38. The molecule has 0 spiro atoms. The van der Waals surface area contributed by atoms with Crippen molar-refractivity contribution in [3.63, 3.8) is 0 Å². The van der Waals surface area contributed by atoms with Gasteiger partial charge in [-0.3, -0.25) is 0 Å². The third-order valence-electron chi connectivity index (χ3n) is 3.07. The van der Waals surface area contributed by atoms with Crippen LogP contribution in [0.15, 0.2) is 0 Å². The second-order valence-electron chi connectivity index (χ2n) is 3.77. The first-order valence-corrected chi connectivity index (χ1v) is 4.57. The van der Waals surface area contributed by atoms with Crippen LogP contribution in [0.3, 0.4) is 0 Å². The van der Waals surface area contributed by atoms with E-state index in [1.807, 2.05) is 0 Å². The van der Waals surface area contributed by atoms with Crippen molar-refractivity contribution in [3.05, 3.63) is 0 Å². The van der Waals surface area contributed by atoms with E-state index in [2.05, 4.69) is 0 Å². The highest BCUT2D eigenvalue weighted by Gasteiger charge is 2.61. The lowest BCUT2D eigenvalue weighted by molar-refractivity contribution is -0.482. The van der Waals surface area contributed by atoms with E-state index in [1.54, 1.807) is 0 Å². The average molecular weight is 204 g/mol. The van der Waals surface area contributed by atoms with Gasteiger partial charge in [-0.15, -0.1) is 0 Å². The van der Waals surface area contributed by atoms with Crippen LogP contribution >= 0.6 is 0 Å². The molecule has 0 radical (unpaired) electrons. The van der Waals surface area contributed by atoms with Crippen molar-refractivity contribution in [2.75, 3.05) is 7.11 Å². The molecule has 3 aliphatic heterocycles. The quantitative estimate of drug-likeness (QED) is 0.525. The molecular formula is C8H12O6. The Morgan fingerprint density at radius 3 is 1.93 bits per heavy atom. The lowest BCUT2D eigenvalue weighted by atomic mass is 9.82. The van der Waals surface area contributed by atoms with E-state index in [0.29, 0.717) is 0 Å². The molecule has 1 aliphatic carbocycles. The van der Waals surface area contributed by atoms with Gasteiger partial charge in [0.15, 0.2) is 0 Å². The number of methoxy groups -OCH3 is 1. The van der Waals surface area contributed by atoms with Crippen LogP contribution in [-0.4, -0.2) is 60.4 Å². The summed E-state index contributed by atoms with van der Waals surface area (Å²) in [6, 6.07) is 0. The van der Waals surface area contributed by atoms with Crippen LogP contribution in [0.5, 0.6) is 0 Å². The number of hydrogen-bond acceptors (Lipinski definition) is 6. The zero-order valence-electron chi connectivity index (χ0n) is 7.57. The lowest BCUT2D eigenvalue weighted by Gasteiger charge is -2.56. The van der Waals surface area contributed by atoms with Gasteiger partial charge in [-0.2, -0.15) is 0 Å². The Hall–Kier alpha value is -0.240. The molecule has 14 heavy (non-hydrogen) atoms. The molecule has 0 aromatic rings. The molecule has 6 nitrogen and oxygen atoms in total. The summed E-state index contributed by atoms with van der Waals surface area (Å²) >= 11 is 0. The average Bonchev–Trinajstić information content (AvgIpc) is 2.20. The Balaban J connectivity index is 1.94. The second-order valence-corrected chi connectivity index (χ2v) is 3.77. The molecule has 2 N–H and O–H groups in total. The van der Waals surface area contributed by atoms with Crippen molar-refractivity contribution in [2.24, 2.45) is 0 Å². The highest BCUT2D eigenvalue weighted by atomic mass is 16.9. The maximum Gasteiger partial charge on any atom is 0.272 e. The van der Waals surface area contributed by atoms with E-state index >= 15 is 0 Å². The number of aliphatic hydroxyl groups is 2. The largest absolute Gasteiger partial charge is 0.387 e. The molecule has 4 atom stereocenters. The van der Waals surface area contributed by atoms with Crippen molar-refractivity contribution in [1.29, 1.82) is 0 Å². The Labute approximate surface area is 80.3 Å². The van der Waals surface area contributed by atoms with Gasteiger partial charge < -0.3 is 29.2 Å². The van der Waals surface area contributed by atoms with Crippen molar-refractivity contribution in [2.45, 2.75) is 43.1 Å². The van der Waals surface area contributed by atoms with E-state index < -0.39 is 43.1 Å². The maximum atomic E-state index is 9.75. The molecule has 4 bridgehead atoms. The first-order chi connectivity index (χ1) is 6.72. The standard InChI is InChI=1S/C8H12O6/c1-11-7-5-2(9)4-3(10)6(7)14-8(12-4)13-5/h2-10H,1H3. The van der Waals surface area contributed by atoms with E-state index in [4.69, 9.17) is 18.9 Å². The summed E-state index contributed by atoms with van der Waals surface area (Å²) < 4.78 is 20.8. The molecule has 0 amide bonds. The number of aliphatic hydroxyl groups excluding tert-OH is 2. The van der Waals surface area contributed by atoms with Gasteiger partial charge in [-0.05, 0) is 0 Å². The predicted octanol–water partition coefficient (Wildman–Crippen LogP) is -1.80. The van der Waals surface area contributed by atoms with Crippen LogP contribution in [0.4, 0.5) is 0 Å². The summed E-state index contributed by atoms with van der Waals surface area (Å²) in [6.07, 6.45) is -3.70. The van der Waals surface area contributed by atoms with Crippen LogP contribution in [0.25, 0.3) is 0 Å². The second kappa shape index (κ2) is 2.88. The van der Waals surface area contributed by atoms with Crippen LogP contribution in [0.1, 0.15) is 0 Å². The van der Waals surface area contributed by atoms with Gasteiger partial charge in [-0.25, -0.2) is 0 Å². The van der Waals surface area contributed by atoms with Crippen LogP contribution in [0, 0.1) is 0 Å². The van der Waals surface area contributed by atoms with Gasteiger partial charge in [0, 0.05) is 7.11 Å². The van der Waals surface area contributed by atoms with Crippen LogP contribution in [-0.2, 0) is 18.9 Å². The van der Waals surface area contributed by atoms with Crippen molar-refractivity contribution in [3.8, 4) is 0 Å². The molecule has 0 aromatic carbocycles. The Bertz CT molecular complexity index is 226. The SMILES string of the molecule is COC1C2OC3OC(C2O)C(O)C1O3. The van der Waals surface area contributed by atoms with E-state index in [9.17, 15) is 10.2 Å². The first kappa shape index (κ1) is 9.02. The third-order valence-corrected chi connectivity index (χ3v) is 3.07. The van der Waals surface area contributed by atoms with Crippen LogP contribution < -0.4 is 0 Å². The van der Waals surface area contributed by atoms with Gasteiger partial charge in [-0.1, -0.05) is 0 Å². The van der Waals surface area contributed by atoms with Crippen molar-refractivity contribution >= 4 is 0 Å². The summed E-state index contributed by atoms with van der Waals surface area (Å²) in [5.74, 6) is 0. The smallest absolute Gasteiger partial charge is 0.272 e. The fourth-order valence-corrected chi connectivity index (χ4v) is 2.38. The lowest BCUT2D eigenvalue weighted by Crippen LogP contribution is -2.75. The fraction of sp³-hybridized carbons (Fsp3) is 1.00. The monoisotopic (exact) mass is 204 g/mol. The highest BCUT2D eigenvalue weighted by Crippen LogP contribution is 2.40. The molecule has 4 unspecified atom stereocenters. The number of ether oxygens (including phenoxy) is 4. The molecule has 80 valence electrons. The molecule has 3 heterocycles. The molecule has 0 aromatic heterocycles. The van der Waals surface area contributed by atoms with Crippen LogP contribution in [0.2, 0.25) is 0 Å². The summed E-state index contributed by atoms with van der Waals surface area (Å²) in [7, 11) is 1.50.